The van der Waals surface area contributed by atoms with Gasteiger partial charge in [0, 0.05) is 16.0 Å². The van der Waals surface area contributed by atoms with Crippen LogP contribution in [0.15, 0.2) is 29.2 Å². The molecule has 0 aliphatic carbocycles. The van der Waals surface area contributed by atoms with Crippen LogP contribution in [0.1, 0.15) is 12.8 Å². The van der Waals surface area contributed by atoms with Gasteiger partial charge in [0.1, 0.15) is 5.75 Å². The number of alkyl halides is 1. The normalized spacial score (nSPS) is 11.4. The summed E-state index contributed by atoms with van der Waals surface area (Å²) >= 11 is 3.33. The summed E-state index contributed by atoms with van der Waals surface area (Å²) in [6.45, 7) is 0.624. The second kappa shape index (κ2) is 6.47. The van der Waals surface area contributed by atoms with E-state index in [1.807, 2.05) is 0 Å². The molecule has 1 aromatic carbocycles. The Bertz CT molecular complexity index is 416. The van der Waals surface area contributed by atoms with Crippen LogP contribution < -0.4 is 4.74 Å². The van der Waals surface area contributed by atoms with Gasteiger partial charge in [-0.05, 0) is 37.1 Å². The third kappa shape index (κ3) is 4.72. The van der Waals surface area contributed by atoms with Crippen molar-refractivity contribution in [1.82, 2.24) is 0 Å². The van der Waals surface area contributed by atoms with Crippen LogP contribution in [0, 0.1) is 0 Å². The van der Waals surface area contributed by atoms with E-state index in [9.17, 15) is 8.42 Å². The Morgan fingerprint density at radius 1 is 1.19 bits per heavy atom. The zero-order chi connectivity index (χ0) is 12.0. The zero-order valence-electron chi connectivity index (χ0n) is 8.53. The van der Waals surface area contributed by atoms with Crippen molar-refractivity contribution in [3.63, 3.8) is 0 Å². The quantitative estimate of drug-likeness (QED) is 0.458. The van der Waals surface area contributed by atoms with Crippen LogP contribution in [0.3, 0.4) is 0 Å². The minimum atomic E-state index is -3.64. The van der Waals surface area contributed by atoms with Crippen LogP contribution in [-0.4, -0.2) is 20.4 Å². The molecule has 16 heavy (non-hydrogen) atoms. The van der Waals surface area contributed by atoms with Crippen molar-refractivity contribution >= 4 is 35.7 Å². The predicted molar refractivity (Wildman–Crippen MR) is 68.0 cm³/mol. The van der Waals surface area contributed by atoms with Crippen LogP contribution in [-0.2, 0) is 9.05 Å². The molecule has 0 aromatic heterocycles. The summed E-state index contributed by atoms with van der Waals surface area (Å²) in [6.07, 6.45) is 2.01. The van der Waals surface area contributed by atoms with Gasteiger partial charge in [0.2, 0.25) is 0 Å². The summed E-state index contributed by atoms with van der Waals surface area (Å²) in [5.74, 6) is 0.652. The van der Waals surface area contributed by atoms with Crippen molar-refractivity contribution in [2.45, 2.75) is 17.7 Å². The summed E-state index contributed by atoms with van der Waals surface area (Å²) in [6, 6.07) is 6.07. The maximum Gasteiger partial charge on any atom is 0.261 e. The minimum absolute atomic E-state index is 0.0852. The molecule has 0 fully saturated rings. The highest BCUT2D eigenvalue weighted by Gasteiger charge is 2.08. The molecule has 1 aromatic rings. The molecule has 1 rings (SSSR count). The average Bonchev–Trinajstić information content (AvgIpc) is 2.24. The summed E-state index contributed by atoms with van der Waals surface area (Å²) in [5.41, 5.74) is 0. The molecule has 0 spiro atoms. The smallest absolute Gasteiger partial charge is 0.261 e. The topological polar surface area (TPSA) is 43.4 Å². The Balaban J connectivity index is 2.52. The molecule has 0 heterocycles. The van der Waals surface area contributed by atoms with Crippen molar-refractivity contribution in [3.05, 3.63) is 24.3 Å². The number of unbranched alkanes of at least 4 members (excludes halogenated alkanes) is 1. The lowest BCUT2D eigenvalue weighted by Gasteiger charge is -2.05. The lowest BCUT2D eigenvalue weighted by Crippen LogP contribution is -1.98. The first-order chi connectivity index (χ1) is 7.54. The number of rotatable bonds is 6. The third-order valence-corrected chi connectivity index (χ3v) is 3.83. The molecular formula is C10H12BrClO3S. The van der Waals surface area contributed by atoms with Crippen molar-refractivity contribution in [3.8, 4) is 5.75 Å². The van der Waals surface area contributed by atoms with E-state index in [2.05, 4.69) is 15.9 Å². The van der Waals surface area contributed by atoms with Crippen molar-refractivity contribution < 1.29 is 13.2 Å². The fraction of sp³-hybridized carbons (Fsp3) is 0.400. The Morgan fingerprint density at radius 2 is 1.81 bits per heavy atom. The molecule has 90 valence electrons. The number of halogens is 2. The monoisotopic (exact) mass is 326 g/mol. The third-order valence-electron chi connectivity index (χ3n) is 1.90. The number of hydrogen-bond acceptors (Lipinski definition) is 3. The van der Waals surface area contributed by atoms with E-state index >= 15 is 0 Å². The van der Waals surface area contributed by atoms with E-state index in [0.29, 0.717) is 12.4 Å². The van der Waals surface area contributed by atoms with Gasteiger partial charge in [-0.1, -0.05) is 15.9 Å². The van der Waals surface area contributed by atoms with E-state index in [-0.39, 0.29) is 4.90 Å². The van der Waals surface area contributed by atoms with Gasteiger partial charge in [-0.3, -0.25) is 0 Å². The lowest BCUT2D eigenvalue weighted by atomic mass is 10.3. The lowest BCUT2D eigenvalue weighted by molar-refractivity contribution is 0.310. The fourth-order valence-corrected chi connectivity index (χ4v) is 2.25. The molecule has 0 N–H and O–H groups in total. The van der Waals surface area contributed by atoms with E-state index in [4.69, 9.17) is 15.4 Å². The van der Waals surface area contributed by atoms with Gasteiger partial charge >= 0.3 is 0 Å². The number of ether oxygens (including phenoxy) is 1. The molecule has 0 unspecified atom stereocenters. The Morgan fingerprint density at radius 3 is 2.31 bits per heavy atom. The van der Waals surface area contributed by atoms with E-state index in [1.165, 1.54) is 12.1 Å². The minimum Gasteiger partial charge on any atom is -0.494 e. The summed E-state index contributed by atoms with van der Waals surface area (Å²) in [4.78, 5) is 0.0852. The van der Waals surface area contributed by atoms with E-state index in [1.54, 1.807) is 12.1 Å². The fourth-order valence-electron chi connectivity index (χ4n) is 1.08. The second-order valence-electron chi connectivity index (χ2n) is 3.15. The molecule has 0 aliphatic heterocycles. The van der Waals surface area contributed by atoms with Gasteiger partial charge in [-0.25, -0.2) is 8.42 Å². The molecule has 0 saturated heterocycles. The maximum atomic E-state index is 11.0. The average molecular weight is 328 g/mol. The van der Waals surface area contributed by atoms with Crippen molar-refractivity contribution in [1.29, 1.82) is 0 Å². The summed E-state index contributed by atoms with van der Waals surface area (Å²) in [7, 11) is 1.54. The van der Waals surface area contributed by atoms with Crippen LogP contribution in [0.4, 0.5) is 0 Å². The molecule has 0 aliphatic rings. The molecule has 0 saturated carbocycles. The van der Waals surface area contributed by atoms with E-state index < -0.39 is 9.05 Å². The SMILES string of the molecule is O=S(=O)(Cl)c1ccc(OCCCCBr)cc1. The van der Waals surface area contributed by atoms with Crippen LogP contribution in [0.2, 0.25) is 0 Å². The van der Waals surface area contributed by atoms with Gasteiger partial charge in [0.05, 0.1) is 11.5 Å². The van der Waals surface area contributed by atoms with Crippen molar-refractivity contribution in [2.24, 2.45) is 0 Å². The number of benzene rings is 1. The van der Waals surface area contributed by atoms with Gasteiger partial charge < -0.3 is 4.74 Å². The molecular weight excluding hydrogens is 316 g/mol. The van der Waals surface area contributed by atoms with Gasteiger partial charge in [0.15, 0.2) is 0 Å². The van der Waals surface area contributed by atoms with Gasteiger partial charge in [0.25, 0.3) is 9.05 Å². The van der Waals surface area contributed by atoms with Crippen molar-refractivity contribution in [2.75, 3.05) is 11.9 Å². The molecule has 0 atom stereocenters. The Hall–Kier alpha value is -0.260. The summed E-state index contributed by atoms with van der Waals surface area (Å²) < 4.78 is 27.3. The molecule has 0 amide bonds. The molecule has 0 bridgehead atoms. The largest absolute Gasteiger partial charge is 0.494 e. The highest BCUT2D eigenvalue weighted by Crippen LogP contribution is 2.19. The molecule has 3 nitrogen and oxygen atoms in total. The first-order valence-electron chi connectivity index (χ1n) is 4.77. The van der Waals surface area contributed by atoms with Gasteiger partial charge in [-0.15, -0.1) is 0 Å². The maximum absolute atomic E-state index is 11.0. The van der Waals surface area contributed by atoms with Crippen LogP contribution >= 0.6 is 26.6 Å². The Labute approximate surface area is 108 Å². The van der Waals surface area contributed by atoms with E-state index in [0.717, 1.165) is 18.2 Å². The summed E-state index contributed by atoms with van der Waals surface area (Å²) in [5, 5.41) is 0.958. The highest BCUT2D eigenvalue weighted by atomic mass is 79.9. The molecule has 0 radical (unpaired) electrons. The number of hydrogen-bond donors (Lipinski definition) is 0. The van der Waals surface area contributed by atoms with Gasteiger partial charge in [-0.2, -0.15) is 0 Å². The zero-order valence-corrected chi connectivity index (χ0v) is 11.7. The second-order valence-corrected chi connectivity index (χ2v) is 6.51. The first kappa shape index (κ1) is 13.8. The standard InChI is InChI=1S/C10H12BrClO3S/c11-7-1-2-8-15-9-3-5-10(6-4-9)16(12,13)14/h3-6H,1-2,7-8H2. The predicted octanol–water partition coefficient (Wildman–Crippen LogP) is 3.17. The van der Waals surface area contributed by atoms with Crippen LogP contribution in [0.5, 0.6) is 5.75 Å². The Kier molecular flexibility index (Phi) is 5.58. The first-order valence-corrected chi connectivity index (χ1v) is 8.20. The molecule has 6 heteroatoms. The van der Waals surface area contributed by atoms with Crippen LogP contribution in [0.25, 0.3) is 0 Å². The highest BCUT2D eigenvalue weighted by molar-refractivity contribution is 9.09.